The molecule has 2 heterocycles. The highest BCUT2D eigenvalue weighted by atomic mass is 16.3. The van der Waals surface area contributed by atoms with E-state index in [0.29, 0.717) is 35.1 Å². The van der Waals surface area contributed by atoms with Gasteiger partial charge in [-0.15, -0.1) is 0 Å². The molecule has 0 aliphatic carbocycles. The summed E-state index contributed by atoms with van der Waals surface area (Å²) >= 11 is 0. The second-order valence-electron chi connectivity index (χ2n) is 24.9. The largest absolute Gasteiger partial charge is 0.454 e. The van der Waals surface area contributed by atoms with E-state index >= 15 is 0 Å². The van der Waals surface area contributed by atoms with Gasteiger partial charge in [-0.1, -0.05) is 217 Å². The van der Waals surface area contributed by atoms with Crippen molar-refractivity contribution in [2.75, 3.05) is 9.80 Å². The Morgan fingerprint density at radius 3 is 1.07 bits per heavy atom. The van der Waals surface area contributed by atoms with Crippen LogP contribution in [0.2, 0.25) is 0 Å². The average Bonchev–Trinajstić information content (AvgIpc) is 2.56. The highest BCUT2D eigenvalue weighted by molar-refractivity contribution is 6.30. The predicted molar refractivity (Wildman–Crippen MR) is 354 cm³/mol. The fraction of sp³-hybridized carbons (Fsp3) is 0.231. The molecule has 0 unspecified atom stereocenters. The normalized spacial score (nSPS) is 12.9. The quantitative estimate of drug-likeness (QED) is 0.114. The summed E-state index contributed by atoms with van der Waals surface area (Å²) in [5.41, 5.74) is 16.5. The Labute approximate surface area is 484 Å². The molecule has 406 valence electrons. The molecule has 4 nitrogen and oxygen atoms in total. The summed E-state index contributed by atoms with van der Waals surface area (Å²) in [5, 5.41) is 15.8. The summed E-state index contributed by atoms with van der Waals surface area (Å²) in [6.45, 7) is 27.7. The molecule has 2 aromatic heterocycles. The first-order valence-corrected chi connectivity index (χ1v) is 29.8. The van der Waals surface area contributed by atoms with Gasteiger partial charge in [0.1, 0.15) is 11.2 Å². The van der Waals surface area contributed by atoms with Crippen molar-refractivity contribution < 1.29 is 11.6 Å². The van der Waals surface area contributed by atoms with Gasteiger partial charge >= 0.3 is 0 Å². The van der Waals surface area contributed by atoms with Crippen LogP contribution in [-0.2, 0) is 0 Å². The van der Waals surface area contributed by atoms with E-state index in [1.807, 2.05) is 24.3 Å². The fourth-order valence-electron chi connectivity index (χ4n) is 13.6. The van der Waals surface area contributed by atoms with Crippen LogP contribution < -0.4 is 9.80 Å². The zero-order valence-corrected chi connectivity index (χ0v) is 49.3. The number of fused-ring (bicyclic) bond motifs is 8. The van der Waals surface area contributed by atoms with Gasteiger partial charge < -0.3 is 18.6 Å². The van der Waals surface area contributed by atoms with Crippen molar-refractivity contribution in [1.82, 2.24) is 0 Å². The summed E-state index contributed by atoms with van der Waals surface area (Å²) in [4.78, 5) is 5.09. The third-order valence-electron chi connectivity index (χ3n) is 17.9. The van der Waals surface area contributed by atoms with Gasteiger partial charge in [0, 0.05) is 43.1 Å². The van der Waals surface area contributed by atoms with E-state index in [1.165, 1.54) is 76.5 Å². The molecule has 12 aromatic carbocycles. The van der Waals surface area contributed by atoms with E-state index in [2.05, 4.69) is 238 Å². The van der Waals surface area contributed by atoms with Crippen molar-refractivity contribution in [3.05, 3.63) is 215 Å². The number of rotatable bonds is 12. The van der Waals surface area contributed by atoms with Crippen LogP contribution in [0.25, 0.3) is 97.7 Å². The first-order valence-electron chi connectivity index (χ1n) is 30.8. The SMILES string of the molecule is [2H]c1cccc2c1oc1c(N(c3c(C(C)C)ccc4ccc(C(C)C)cc34)c3cc(C(C)C)c4ccc5c(N(c6c(C(C)C)ccc7ccc(C(C)C)cc67)c6cccc7c6oc6c([2H])cccc67)cc(C(C)C)c6ccc3c4c65)cccc12. The molecule has 82 heavy (non-hydrogen) atoms. The van der Waals surface area contributed by atoms with Gasteiger partial charge in [-0.2, -0.15) is 0 Å². The van der Waals surface area contributed by atoms with Crippen molar-refractivity contribution in [1.29, 1.82) is 0 Å². The summed E-state index contributed by atoms with van der Waals surface area (Å²) in [5.74, 6) is 1.27. The number of para-hydroxylation sites is 4. The standard InChI is InChI=1S/C78H72N2O2/c1-43(2)51-29-27-49-31-33-53(45(5)6)75(65(49)39-51)79(67-23-17-21-59-55-19-13-15-25-71(55)81-77(59)67)69-41-63(47(9)10)57-36-38-62-70(42-64(48(11)12)58-35-37-61(69)73(57)74(58)62)80(68-24-18-22-60-56-20-14-16-26-72(56)82-78(60)68)76-54(46(7)8)34-32-50-28-30-52(44(3)4)40-66(50)76/h13-48H,1-12H3/i25D,26D. The van der Waals surface area contributed by atoms with Gasteiger partial charge in [-0.3, -0.25) is 0 Å². The molecule has 0 fully saturated rings. The Morgan fingerprint density at radius 1 is 0.305 bits per heavy atom. The third kappa shape index (κ3) is 7.92. The van der Waals surface area contributed by atoms with E-state index in [4.69, 9.17) is 11.6 Å². The van der Waals surface area contributed by atoms with Crippen molar-refractivity contribution in [3.63, 3.8) is 0 Å². The Balaban J connectivity index is 1.17. The molecule has 14 aromatic rings. The van der Waals surface area contributed by atoms with Crippen LogP contribution in [-0.4, -0.2) is 0 Å². The lowest BCUT2D eigenvalue weighted by Gasteiger charge is -2.34. The molecule has 0 aliphatic heterocycles. The maximum absolute atomic E-state index is 9.12. The van der Waals surface area contributed by atoms with E-state index in [0.717, 1.165) is 77.6 Å². The highest BCUT2D eigenvalue weighted by Gasteiger charge is 2.32. The molecule has 0 radical (unpaired) electrons. The Morgan fingerprint density at radius 2 is 0.683 bits per heavy atom. The van der Waals surface area contributed by atoms with Gasteiger partial charge in [0.25, 0.3) is 0 Å². The van der Waals surface area contributed by atoms with Gasteiger partial charge in [0.05, 0.1) is 36.9 Å². The van der Waals surface area contributed by atoms with Crippen LogP contribution in [0.4, 0.5) is 34.1 Å². The Bertz CT molecular complexity index is 4650. The van der Waals surface area contributed by atoms with Crippen molar-refractivity contribution in [3.8, 4) is 0 Å². The van der Waals surface area contributed by atoms with Crippen LogP contribution in [0.15, 0.2) is 191 Å². The van der Waals surface area contributed by atoms with Crippen molar-refractivity contribution in [2.24, 2.45) is 0 Å². The smallest absolute Gasteiger partial charge is 0.159 e. The topological polar surface area (TPSA) is 32.8 Å². The number of hydrogen-bond acceptors (Lipinski definition) is 4. The highest BCUT2D eigenvalue weighted by Crippen LogP contribution is 2.56. The summed E-state index contributed by atoms with van der Waals surface area (Å²) in [7, 11) is 0. The fourth-order valence-corrected chi connectivity index (χ4v) is 13.6. The van der Waals surface area contributed by atoms with E-state index < -0.39 is 0 Å². The van der Waals surface area contributed by atoms with Crippen molar-refractivity contribution >= 4 is 132 Å². The van der Waals surface area contributed by atoms with Crippen molar-refractivity contribution in [2.45, 2.75) is 119 Å². The number of anilines is 6. The number of benzene rings is 12. The second kappa shape index (κ2) is 19.6. The monoisotopic (exact) mass is 1070 g/mol. The molecule has 0 saturated carbocycles. The number of nitrogens with zero attached hydrogens (tertiary/aromatic N) is 2. The van der Waals surface area contributed by atoms with Crippen LogP contribution >= 0.6 is 0 Å². The lowest BCUT2D eigenvalue weighted by atomic mass is 9.83. The lowest BCUT2D eigenvalue weighted by Crippen LogP contribution is -2.16. The molecular weight excluding hydrogens is 997 g/mol. The summed E-state index contributed by atoms with van der Waals surface area (Å²) < 4.78 is 32.4. The molecule has 0 saturated heterocycles. The molecule has 0 bridgehead atoms. The lowest BCUT2D eigenvalue weighted by molar-refractivity contribution is 0.668. The van der Waals surface area contributed by atoms with Crippen LogP contribution in [0, 0.1) is 0 Å². The second-order valence-corrected chi connectivity index (χ2v) is 24.9. The molecule has 0 atom stereocenters. The van der Waals surface area contributed by atoms with Gasteiger partial charge in [0.2, 0.25) is 0 Å². The first kappa shape index (κ1) is 49.2. The molecule has 0 aliphatic rings. The minimum atomic E-state index is 0.153. The molecular formula is C78H72N2O2. The van der Waals surface area contributed by atoms with Crippen LogP contribution in [0.5, 0.6) is 0 Å². The van der Waals surface area contributed by atoms with Gasteiger partial charge in [0.15, 0.2) is 11.2 Å². The zero-order chi connectivity index (χ0) is 58.3. The third-order valence-corrected chi connectivity index (χ3v) is 17.9. The zero-order valence-electron chi connectivity index (χ0n) is 51.3. The first-order chi connectivity index (χ1) is 40.5. The predicted octanol–water partition coefficient (Wildman–Crippen LogP) is 24.4. The van der Waals surface area contributed by atoms with E-state index in [9.17, 15) is 0 Å². The summed E-state index contributed by atoms with van der Waals surface area (Å²) in [6.07, 6.45) is 0. The minimum absolute atomic E-state index is 0.153. The van der Waals surface area contributed by atoms with Crippen LogP contribution in [0.3, 0.4) is 0 Å². The maximum Gasteiger partial charge on any atom is 0.159 e. The molecule has 4 heteroatoms. The molecule has 0 amide bonds. The maximum atomic E-state index is 9.12. The van der Waals surface area contributed by atoms with Gasteiger partial charge in [-0.25, -0.2) is 0 Å². The molecule has 14 rings (SSSR count). The number of hydrogen-bond donors (Lipinski definition) is 0. The van der Waals surface area contributed by atoms with E-state index in [-0.39, 0.29) is 23.7 Å². The minimum Gasteiger partial charge on any atom is -0.454 e. The van der Waals surface area contributed by atoms with E-state index in [1.54, 1.807) is 0 Å². The molecule has 0 spiro atoms. The van der Waals surface area contributed by atoms with Gasteiger partial charge in [-0.05, 0) is 150 Å². The Kier molecular flexibility index (Phi) is 11.7. The van der Waals surface area contributed by atoms with Crippen LogP contribution in [0.1, 0.15) is 155 Å². The molecule has 0 N–H and O–H groups in total. The average molecular weight is 1070 g/mol. The Hall–Kier alpha value is -8.60. The number of furan rings is 2. The summed E-state index contributed by atoms with van der Waals surface area (Å²) in [6, 6.07) is 63.5.